The second-order valence-electron chi connectivity index (χ2n) is 6.28. The third-order valence-corrected chi connectivity index (χ3v) is 5.00. The minimum absolute atomic E-state index is 0.0694. The summed E-state index contributed by atoms with van der Waals surface area (Å²) >= 11 is 0. The fraction of sp³-hybridized carbons (Fsp3) is 0.867. The van der Waals surface area contributed by atoms with Crippen LogP contribution in [0.3, 0.4) is 0 Å². The first-order chi connectivity index (χ1) is 9.69. The van der Waals surface area contributed by atoms with Crippen molar-refractivity contribution in [1.29, 1.82) is 0 Å². The third kappa shape index (κ3) is 2.03. The smallest absolute Gasteiger partial charge is 0.246 e. The summed E-state index contributed by atoms with van der Waals surface area (Å²) in [5.41, 5.74) is -0.584. The lowest BCUT2D eigenvalue weighted by Gasteiger charge is -2.49. The highest BCUT2D eigenvalue weighted by molar-refractivity contribution is 6.00. The van der Waals surface area contributed by atoms with Gasteiger partial charge in [-0.05, 0) is 25.7 Å². The molecule has 0 aromatic rings. The Morgan fingerprint density at radius 1 is 1.35 bits per heavy atom. The van der Waals surface area contributed by atoms with Gasteiger partial charge >= 0.3 is 0 Å². The monoisotopic (exact) mass is 280 g/mol. The molecule has 5 nitrogen and oxygen atoms in total. The number of carbonyl (C=O) groups is 2. The van der Waals surface area contributed by atoms with E-state index in [0.29, 0.717) is 13.2 Å². The van der Waals surface area contributed by atoms with Crippen molar-refractivity contribution in [1.82, 2.24) is 10.2 Å². The van der Waals surface area contributed by atoms with E-state index in [1.165, 1.54) is 0 Å². The summed E-state index contributed by atoms with van der Waals surface area (Å²) in [6, 6.07) is -0.245. The van der Waals surface area contributed by atoms with Crippen LogP contribution in [0.5, 0.6) is 0 Å². The molecule has 0 aromatic carbocycles. The molecule has 20 heavy (non-hydrogen) atoms. The van der Waals surface area contributed by atoms with Gasteiger partial charge in [-0.25, -0.2) is 0 Å². The van der Waals surface area contributed by atoms with Crippen LogP contribution in [0.25, 0.3) is 0 Å². The standard InChI is InChI=1S/C15H24N2O3/c1-2-5-12-13(18)17(11-6-9-20-10-11)15(14(19)16-12)7-3-4-8-15/h11-12H,2-10H2,1H3,(H,16,19). The summed E-state index contributed by atoms with van der Waals surface area (Å²) < 4.78 is 5.47. The number of carbonyl (C=O) groups excluding carboxylic acids is 2. The first kappa shape index (κ1) is 13.9. The van der Waals surface area contributed by atoms with Crippen LogP contribution in [0.1, 0.15) is 51.9 Å². The van der Waals surface area contributed by atoms with Crippen molar-refractivity contribution in [2.45, 2.75) is 69.5 Å². The SMILES string of the molecule is CCCC1NC(=O)C2(CCCC2)N(C2CCOC2)C1=O. The minimum atomic E-state index is -0.584. The molecule has 0 aromatic heterocycles. The maximum absolute atomic E-state index is 12.9. The van der Waals surface area contributed by atoms with Crippen LogP contribution >= 0.6 is 0 Å². The first-order valence-corrected chi connectivity index (χ1v) is 7.91. The quantitative estimate of drug-likeness (QED) is 0.845. The van der Waals surface area contributed by atoms with Gasteiger partial charge in [0.05, 0.1) is 12.6 Å². The molecule has 1 aliphatic carbocycles. The van der Waals surface area contributed by atoms with Gasteiger partial charge in [-0.15, -0.1) is 0 Å². The van der Waals surface area contributed by atoms with E-state index in [0.717, 1.165) is 44.9 Å². The summed E-state index contributed by atoms with van der Waals surface area (Å²) in [4.78, 5) is 27.5. The van der Waals surface area contributed by atoms with Crippen LogP contribution in [0.2, 0.25) is 0 Å². The predicted molar refractivity (Wildman–Crippen MR) is 74.1 cm³/mol. The van der Waals surface area contributed by atoms with E-state index in [-0.39, 0.29) is 23.9 Å². The molecule has 2 amide bonds. The molecule has 5 heteroatoms. The van der Waals surface area contributed by atoms with Crippen LogP contribution < -0.4 is 5.32 Å². The Labute approximate surface area is 120 Å². The Morgan fingerprint density at radius 2 is 2.10 bits per heavy atom. The molecule has 2 saturated heterocycles. The van der Waals surface area contributed by atoms with Gasteiger partial charge in [0.25, 0.3) is 0 Å². The summed E-state index contributed by atoms with van der Waals surface area (Å²) in [7, 11) is 0. The number of nitrogens with one attached hydrogen (secondary N) is 1. The van der Waals surface area contributed by atoms with Gasteiger partial charge in [0.2, 0.25) is 11.8 Å². The molecule has 2 unspecified atom stereocenters. The van der Waals surface area contributed by atoms with Crippen LogP contribution in [-0.2, 0) is 14.3 Å². The van der Waals surface area contributed by atoms with E-state index in [4.69, 9.17) is 4.74 Å². The minimum Gasteiger partial charge on any atom is -0.379 e. The fourth-order valence-electron chi connectivity index (χ4n) is 4.01. The topological polar surface area (TPSA) is 58.6 Å². The number of amides is 2. The summed E-state index contributed by atoms with van der Waals surface area (Å²) in [5.74, 6) is 0.184. The maximum atomic E-state index is 12.9. The van der Waals surface area contributed by atoms with E-state index < -0.39 is 5.54 Å². The zero-order valence-electron chi connectivity index (χ0n) is 12.2. The Kier molecular flexibility index (Phi) is 3.71. The third-order valence-electron chi connectivity index (χ3n) is 5.00. The zero-order valence-corrected chi connectivity index (χ0v) is 12.2. The molecule has 0 radical (unpaired) electrons. The highest BCUT2D eigenvalue weighted by Gasteiger charge is 2.55. The number of piperazine rings is 1. The Hall–Kier alpha value is -1.10. The predicted octanol–water partition coefficient (Wildman–Crippen LogP) is 1.22. The summed E-state index contributed by atoms with van der Waals surface area (Å²) in [6.07, 6.45) is 6.16. The number of hydrogen-bond acceptors (Lipinski definition) is 3. The molecule has 2 aliphatic heterocycles. The van der Waals surface area contributed by atoms with Crippen LogP contribution in [0.4, 0.5) is 0 Å². The molecule has 3 aliphatic rings. The molecule has 1 spiro atoms. The molecular formula is C15H24N2O3. The average Bonchev–Trinajstić information content (AvgIpc) is 3.09. The second-order valence-corrected chi connectivity index (χ2v) is 6.28. The molecule has 3 fully saturated rings. The molecule has 1 N–H and O–H groups in total. The molecule has 2 heterocycles. The fourth-order valence-corrected chi connectivity index (χ4v) is 4.01. The summed E-state index contributed by atoms with van der Waals surface area (Å²) in [5, 5.41) is 2.98. The van der Waals surface area contributed by atoms with E-state index in [2.05, 4.69) is 5.32 Å². The van der Waals surface area contributed by atoms with Gasteiger partial charge < -0.3 is 15.0 Å². The number of hydrogen-bond donors (Lipinski definition) is 1. The van der Waals surface area contributed by atoms with Gasteiger partial charge in [-0.2, -0.15) is 0 Å². The number of nitrogens with zero attached hydrogens (tertiary/aromatic N) is 1. The average molecular weight is 280 g/mol. The van der Waals surface area contributed by atoms with Crippen LogP contribution in [0.15, 0.2) is 0 Å². The van der Waals surface area contributed by atoms with Gasteiger partial charge in [0, 0.05) is 6.61 Å². The van der Waals surface area contributed by atoms with E-state index >= 15 is 0 Å². The van der Waals surface area contributed by atoms with E-state index in [1.54, 1.807) is 0 Å². The van der Waals surface area contributed by atoms with Crippen molar-refractivity contribution >= 4 is 11.8 Å². The van der Waals surface area contributed by atoms with Gasteiger partial charge in [-0.1, -0.05) is 26.2 Å². The largest absolute Gasteiger partial charge is 0.379 e. The maximum Gasteiger partial charge on any atom is 0.246 e. The summed E-state index contributed by atoms with van der Waals surface area (Å²) in [6.45, 7) is 3.33. The second kappa shape index (κ2) is 5.35. The van der Waals surface area contributed by atoms with E-state index in [1.807, 2.05) is 11.8 Å². The highest BCUT2D eigenvalue weighted by atomic mass is 16.5. The van der Waals surface area contributed by atoms with Gasteiger partial charge in [0.1, 0.15) is 11.6 Å². The normalized spacial score (nSPS) is 33.0. The lowest BCUT2D eigenvalue weighted by Crippen LogP contribution is -2.72. The van der Waals surface area contributed by atoms with Crippen molar-refractivity contribution in [2.24, 2.45) is 0 Å². The van der Waals surface area contributed by atoms with Crippen molar-refractivity contribution in [3.8, 4) is 0 Å². The Balaban J connectivity index is 1.92. The molecule has 2 atom stereocenters. The van der Waals surface area contributed by atoms with Crippen molar-refractivity contribution < 1.29 is 14.3 Å². The molecule has 3 rings (SSSR count). The molecule has 0 bridgehead atoms. The van der Waals surface area contributed by atoms with Gasteiger partial charge in [0.15, 0.2) is 0 Å². The highest BCUT2D eigenvalue weighted by Crippen LogP contribution is 2.40. The van der Waals surface area contributed by atoms with Crippen molar-refractivity contribution in [2.75, 3.05) is 13.2 Å². The lowest BCUT2D eigenvalue weighted by atomic mass is 9.86. The molecule has 112 valence electrons. The molecular weight excluding hydrogens is 256 g/mol. The number of ether oxygens (including phenoxy) is 1. The Bertz CT molecular complexity index is 398. The van der Waals surface area contributed by atoms with Crippen LogP contribution in [0, 0.1) is 0 Å². The first-order valence-electron chi connectivity index (χ1n) is 7.91. The van der Waals surface area contributed by atoms with Crippen molar-refractivity contribution in [3.05, 3.63) is 0 Å². The van der Waals surface area contributed by atoms with E-state index in [9.17, 15) is 9.59 Å². The Morgan fingerprint density at radius 3 is 2.70 bits per heavy atom. The molecule has 1 saturated carbocycles. The van der Waals surface area contributed by atoms with Crippen LogP contribution in [-0.4, -0.2) is 47.6 Å². The zero-order chi connectivity index (χ0) is 14.2. The lowest BCUT2D eigenvalue weighted by molar-refractivity contribution is -0.161. The van der Waals surface area contributed by atoms with Crippen molar-refractivity contribution in [3.63, 3.8) is 0 Å². The van der Waals surface area contributed by atoms with Gasteiger partial charge in [-0.3, -0.25) is 9.59 Å². The number of rotatable bonds is 3.